The van der Waals surface area contributed by atoms with Crippen LogP contribution in [0.4, 0.5) is 5.69 Å². The number of esters is 1. The average Bonchev–Trinajstić information content (AvgIpc) is 2.28. The fourth-order valence-electron chi connectivity index (χ4n) is 1.15. The van der Waals surface area contributed by atoms with E-state index in [1.165, 1.54) is 18.2 Å². The standard InChI is InChI=1S/C12H14BrNO4/c1-7(2)8(3)18-12(15)9-4-5-10(13)11(6-9)14(16)17/h4-8H,1-3H3. The van der Waals surface area contributed by atoms with Crippen LogP contribution in [-0.4, -0.2) is 17.0 Å². The maximum Gasteiger partial charge on any atom is 0.338 e. The van der Waals surface area contributed by atoms with E-state index >= 15 is 0 Å². The van der Waals surface area contributed by atoms with Gasteiger partial charge in [-0.15, -0.1) is 0 Å². The smallest absolute Gasteiger partial charge is 0.338 e. The SMILES string of the molecule is CC(C)C(C)OC(=O)c1ccc(Br)c([N+](=O)[O-])c1. The Morgan fingerprint density at radius 3 is 2.50 bits per heavy atom. The predicted octanol–water partition coefficient (Wildman–Crippen LogP) is 3.56. The molecule has 98 valence electrons. The number of nitro groups is 1. The highest BCUT2D eigenvalue weighted by atomic mass is 79.9. The first-order valence-corrected chi connectivity index (χ1v) is 6.27. The summed E-state index contributed by atoms with van der Waals surface area (Å²) in [4.78, 5) is 22.0. The van der Waals surface area contributed by atoms with Crippen LogP contribution in [0.3, 0.4) is 0 Å². The molecule has 0 spiro atoms. The molecule has 1 rings (SSSR count). The Morgan fingerprint density at radius 1 is 1.39 bits per heavy atom. The van der Waals surface area contributed by atoms with Crippen molar-refractivity contribution in [1.82, 2.24) is 0 Å². The summed E-state index contributed by atoms with van der Waals surface area (Å²) in [7, 11) is 0. The first kappa shape index (κ1) is 14.6. The molecule has 0 fully saturated rings. The van der Waals surface area contributed by atoms with Crippen molar-refractivity contribution in [2.75, 3.05) is 0 Å². The summed E-state index contributed by atoms with van der Waals surface area (Å²) in [6, 6.07) is 4.17. The minimum atomic E-state index is -0.549. The van der Waals surface area contributed by atoms with Crippen LogP contribution in [0.2, 0.25) is 0 Å². The van der Waals surface area contributed by atoms with Crippen LogP contribution >= 0.6 is 15.9 Å². The van der Waals surface area contributed by atoms with E-state index in [9.17, 15) is 14.9 Å². The minimum absolute atomic E-state index is 0.151. The molecular formula is C12H14BrNO4. The number of carbonyl (C=O) groups is 1. The zero-order valence-electron chi connectivity index (χ0n) is 10.3. The number of nitrogens with zero attached hydrogens (tertiary/aromatic N) is 1. The number of ether oxygens (including phenoxy) is 1. The normalized spacial score (nSPS) is 12.3. The average molecular weight is 316 g/mol. The Hall–Kier alpha value is -1.43. The van der Waals surface area contributed by atoms with Gasteiger partial charge in [-0.2, -0.15) is 0 Å². The van der Waals surface area contributed by atoms with Crippen LogP contribution in [0, 0.1) is 16.0 Å². The van der Waals surface area contributed by atoms with E-state index in [1.54, 1.807) is 6.92 Å². The van der Waals surface area contributed by atoms with Gasteiger partial charge >= 0.3 is 5.97 Å². The van der Waals surface area contributed by atoms with Crippen LogP contribution in [0.5, 0.6) is 0 Å². The summed E-state index contributed by atoms with van der Waals surface area (Å²) in [6.45, 7) is 5.65. The van der Waals surface area contributed by atoms with Gasteiger partial charge in [-0.25, -0.2) is 4.79 Å². The second kappa shape index (κ2) is 5.95. The molecule has 0 aliphatic rings. The molecule has 0 radical (unpaired) electrons. The number of hydrogen-bond donors (Lipinski definition) is 0. The third-order valence-electron chi connectivity index (χ3n) is 2.61. The molecule has 0 saturated carbocycles. The van der Waals surface area contributed by atoms with Gasteiger partial charge in [0, 0.05) is 6.07 Å². The topological polar surface area (TPSA) is 69.4 Å². The fourth-order valence-corrected chi connectivity index (χ4v) is 1.54. The third kappa shape index (κ3) is 3.53. The van der Waals surface area contributed by atoms with Gasteiger partial charge in [-0.3, -0.25) is 10.1 Å². The number of carbonyl (C=O) groups excluding carboxylic acids is 1. The van der Waals surface area contributed by atoms with E-state index in [-0.39, 0.29) is 23.3 Å². The lowest BCUT2D eigenvalue weighted by molar-refractivity contribution is -0.385. The summed E-state index contributed by atoms with van der Waals surface area (Å²) in [6.07, 6.45) is -0.236. The number of halogens is 1. The summed E-state index contributed by atoms with van der Waals surface area (Å²) in [5.74, 6) is -0.355. The van der Waals surface area contributed by atoms with E-state index in [0.717, 1.165) is 0 Å². The van der Waals surface area contributed by atoms with Crippen LogP contribution in [-0.2, 0) is 4.74 Å². The van der Waals surface area contributed by atoms with Gasteiger partial charge in [0.1, 0.15) is 6.10 Å². The zero-order chi connectivity index (χ0) is 13.9. The third-order valence-corrected chi connectivity index (χ3v) is 3.28. The first-order valence-electron chi connectivity index (χ1n) is 5.48. The quantitative estimate of drug-likeness (QED) is 0.484. The second-order valence-corrected chi connectivity index (χ2v) is 5.13. The molecule has 0 amide bonds. The lowest BCUT2D eigenvalue weighted by atomic mass is 10.1. The maximum absolute atomic E-state index is 11.8. The van der Waals surface area contributed by atoms with Gasteiger partial charge in [0.2, 0.25) is 0 Å². The van der Waals surface area contributed by atoms with Gasteiger partial charge in [0.25, 0.3) is 5.69 Å². The molecule has 1 atom stereocenters. The van der Waals surface area contributed by atoms with Crippen LogP contribution in [0.25, 0.3) is 0 Å². The Morgan fingerprint density at radius 2 is 2.00 bits per heavy atom. The number of nitro benzene ring substituents is 1. The van der Waals surface area contributed by atoms with Gasteiger partial charge in [0.15, 0.2) is 0 Å². The van der Waals surface area contributed by atoms with Crippen molar-refractivity contribution in [2.24, 2.45) is 5.92 Å². The molecule has 1 unspecified atom stereocenters. The van der Waals surface area contributed by atoms with Crippen molar-refractivity contribution in [3.63, 3.8) is 0 Å². The van der Waals surface area contributed by atoms with Crippen LogP contribution in [0.1, 0.15) is 31.1 Å². The van der Waals surface area contributed by atoms with E-state index in [1.807, 2.05) is 13.8 Å². The van der Waals surface area contributed by atoms with Crippen LogP contribution in [0.15, 0.2) is 22.7 Å². The second-order valence-electron chi connectivity index (χ2n) is 4.28. The summed E-state index contributed by atoms with van der Waals surface area (Å²) < 4.78 is 5.53. The van der Waals surface area contributed by atoms with Crippen molar-refractivity contribution in [1.29, 1.82) is 0 Å². The number of rotatable bonds is 4. The molecule has 6 heteroatoms. The summed E-state index contributed by atoms with van der Waals surface area (Å²) >= 11 is 3.06. The molecule has 5 nitrogen and oxygen atoms in total. The summed E-state index contributed by atoms with van der Waals surface area (Å²) in [5.41, 5.74) is 0.0269. The Balaban J connectivity index is 2.94. The van der Waals surface area contributed by atoms with Gasteiger partial charge in [0.05, 0.1) is 15.0 Å². The predicted molar refractivity (Wildman–Crippen MR) is 70.5 cm³/mol. The first-order chi connectivity index (χ1) is 8.32. The zero-order valence-corrected chi connectivity index (χ0v) is 11.9. The van der Waals surface area contributed by atoms with E-state index in [4.69, 9.17) is 4.74 Å². The molecule has 0 bridgehead atoms. The molecule has 0 heterocycles. The van der Waals surface area contributed by atoms with Crippen molar-refractivity contribution >= 4 is 27.6 Å². The molecule has 0 saturated heterocycles. The largest absolute Gasteiger partial charge is 0.459 e. The number of benzene rings is 1. The summed E-state index contributed by atoms with van der Waals surface area (Å²) in [5, 5.41) is 10.8. The van der Waals surface area contributed by atoms with E-state index in [0.29, 0.717) is 4.47 Å². The molecule has 0 aromatic heterocycles. The van der Waals surface area contributed by atoms with Gasteiger partial charge in [-0.05, 0) is 40.9 Å². The highest BCUT2D eigenvalue weighted by molar-refractivity contribution is 9.10. The molecule has 1 aromatic rings. The molecule has 1 aromatic carbocycles. The highest BCUT2D eigenvalue weighted by Crippen LogP contribution is 2.26. The monoisotopic (exact) mass is 315 g/mol. The van der Waals surface area contributed by atoms with Crippen molar-refractivity contribution in [2.45, 2.75) is 26.9 Å². The van der Waals surface area contributed by atoms with E-state index < -0.39 is 10.9 Å². The molecule has 0 N–H and O–H groups in total. The molecule has 0 aliphatic heterocycles. The van der Waals surface area contributed by atoms with Crippen molar-refractivity contribution in [3.05, 3.63) is 38.3 Å². The Kier molecular flexibility index (Phi) is 4.84. The number of hydrogen-bond acceptors (Lipinski definition) is 4. The van der Waals surface area contributed by atoms with Gasteiger partial charge in [-0.1, -0.05) is 13.8 Å². The molecule has 18 heavy (non-hydrogen) atoms. The Bertz CT molecular complexity index is 473. The lowest BCUT2D eigenvalue weighted by Gasteiger charge is -2.16. The Labute approximate surface area is 113 Å². The van der Waals surface area contributed by atoms with Crippen LogP contribution < -0.4 is 0 Å². The highest BCUT2D eigenvalue weighted by Gasteiger charge is 2.19. The lowest BCUT2D eigenvalue weighted by Crippen LogP contribution is -2.20. The van der Waals surface area contributed by atoms with Gasteiger partial charge < -0.3 is 4.74 Å². The van der Waals surface area contributed by atoms with Crippen molar-refractivity contribution < 1.29 is 14.5 Å². The fraction of sp³-hybridized carbons (Fsp3) is 0.417. The minimum Gasteiger partial charge on any atom is -0.459 e. The molecule has 0 aliphatic carbocycles. The van der Waals surface area contributed by atoms with Crippen molar-refractivity contribution in [3.8, 4) is 0 Å². The molecular weight excluding hydrogens is 302 g/mol. The van der Waals surface area contributed by atoms with E-state index in [2.05, 4.69) is 15.9 Å². The maximum atomic E-state index is 11.8.